The third-order valence-electron chi connectivity index (χ3n) is 5.26. The second-order valence-electron chi connectivity index (χ2n) is 7.17. The summed E-state index contributed by atoms with van der Waals surface area (Å²) >= 11 is 5.02. The maximum Gasteiger partial charge on any atom is 0.358 e. The molecule has 1 aliphatic heterocycles. The van der Waals surface area contributed by atoms with E-state index in [1.807, 2.05) is 36.4 Å². The molecule has 162 valence electrons. The first-order chi connectivity index (χ1) is 15.5. The number of fused-ring (bicyclic) bond motifs is 2. The van der Waals surface area contributed by atoms with Gasteiger partial charge in [0.1, 0.15) is 2.88 Å². The van der Waals surface area contributed by atoms with Crippen molar-refractivity contribution in [1.82, 2.24) is 9.97 Å². The number of anilines is 2. The average Bonchev–Trinajstić information content (AvgIpc) is 3.40. The summed E-state index contributed by atoms with van der Waals surface area (Å²) in [5.41, 5.74) is 3.96. The highest BCUT2D eigenvalue weighted by Gasteiger charge is 2.26. The Morgan fingerprint density at radius 2 is 1.97 bits per heavy atom. The summed E-state index contributed by atoms with van der Waals surface area (Å²) in [5.74, 6) is -0.614. The Bertz CT molecular complexity index is 1320. The number of aromatic nitrogens is 2. The molecule has 0 radical (unpaired) electrons. The van der Waals surface area contributed by atoms with Crippen LogP contribution in [0.1, 0.15) is 32.0 Å². The number of ether oxygens (including phenoxy) is 1. The third kappa shape index (κ3) is 3.97. The van der Waals surface area contributed by atoms with Crippen LogP contribution in [-0.4, -0.2) is 35.5 Å². The molecule has 32 heavy (non-hydrogen) atoms. The zero-order valence-corrected chi connectivity index (χ0v) is 20.7. The van der Waals surface area contributed by atoms with Crippen LogP contribution in [-0.2, 0) is 17.7 Å². The number of rotatable bonds is 4. The van der Waals surface area contributed by atoms with Gasteiger partial charge in [0.25, 0.3) is 5.91 Å². The molecule has 0 atom stereocenters. The van der Waals surface area contributed by atoms with Crippen LogP contribution < -0.4 is 10.2 Å². The fraction of sp³-hybridized carbons (Fsp3) is 0.182. The second-order valence-corrected chi connectivity index (χ2v) is 11.0. The maximum atomic E-state index is 13.2. The molecular weight excluding hydrogens is 559 g/mol. The summed E-state index contributed by atoms with van der Waals surface area (Å²) < 4.78 is 6.65. The number of carbonyl (C=O) groups is 2. The second kappa shape index (κ2) is 8.75. The number of hydrogen-bond donors (Lipinski definition) is 1. The molecule has 0 saturated carbocycles. The smallest absolute Gasteiger partial charge is 0.358 e. The van der Waals surface area contributed by atoms with Gasteiger partial charge in [0.05, 0.1) is 17.3 Å². The Hall–Kier alpha value is -2.57. The van der Waals surface area contributed by atoms with Crippen LogP contribution in [0, 0.1) is 2.88 Å². The normalized spacial score (nSPS) is 13.1. The van der Waals surface area contributed by atoms with Crippen molar-refractivity contribution in [3.05, 3.63) is 67.7 Å². The van der Waals surface area contributed by atoms with Gasteiger partial charge in [-0.15, -0.1) is 0 Å². The Morgan fingerprint density at radius 3 is 2.78 bits per heavy atom. The first kappa shape index (κ1) is 21.3. The molecule has 0 spiro atoms. The van der Waals surface area contributed by atoms with E-state index in [1.165, 1.54) is 29.8 Å². The van der Waals surface area contributed by atoms with E-state index in [9.17, 15) is 9.59 Å². The first-order valence-corrected chi connectivity index (χ1v) is 12.5. The van der Waals surface area contributed by atoms with Crippen molar-refractivity contribution in [2.24, 2.45) is 0 Å². The first-order valence-electron chi connectivity index (χ1n) is 9.81. The van der Waals surface area contributed by atoms with E-state index in [2.05, 4.69) is 48.8 Å². The molecule has 0 aliphatic carbocycles. The topological polar surface area (TPSA) is 84.4 Å². The van der Waals surface area contributed by atoms with Gasteiger partial charge in [0, 0.05) is 18.7 Å². The zero-order valence-electron chi connectivity index (χ0n) is 16.9. The minimum Gasteiger partial charge on any atom is -0.464 e. The molecule has 3 heterocycles. The lowest BCUT2D eigenvalue weighted by Crippen LogP contribution is -2.32. The Morgan fingerprint density at radius 1 is 1.12 bits per heavy atom. The van der Waals surface area contributed by atoms with Gasteiger partial charge in [-0.05, 0) is 58.3 Å². The number of amides is 1. The largest absolute Gasteiger partial charge is 0.464 e. The lowest BCUT2D eigenvalue weighted by atomic mass is 9.94. The summed E-state index contributed by atoms with van der Waals surface area (Å²) in [6, 6.07) is 13.6. The molecule has 1 N–H and O–H groups in total. The predicted octanol–water partition coefficient (Wildman–Crippen LogP) is 4.96. The van der Waals surface area contributed by atoms with Gasteiger partial charge in [-0.1, -0.05) is 46.9 Å². The van der Waals surface area contributed by atoms with Crippen LogP contribution in [0.5, 0.6) is 0 Å². The summed E-state index contributed by atoms with van der Waals surface area (Å²) in [6.45, 7) is 1.31. The van der Waals surface area contributed by atoms with Crippen molar-refractivity contribution in [1.29, 1.82) is 0 Å². The molecule has 4 aromatic rings. The van der Waals surface area contributed by atoms with Gasteiger partial charge < -0.3 is 9.64 Å². The number of hydrogen-bond acceptors (Lipinski definition) is 8. The number of thiazole rings is 2. The number of para-hydroxylation sites is 1. The molecule has 0 fully saturated rings. The summed E-state index contributed by atoms with van der Waals surface area (Å²) in [4.78, 5) is 36.2. The van der Waals surface area contributed by atoms with Crippen molar-refractivity contribution in [2.45, 2.75) is 13.0 Å². The number of benzene rings is 2. The van der Waals surface area contributed by atoms with Gasteiger partial charge in [-0.3, -0.25) is 10.1 Å². The Balaban J connectivity index is 1.41. The summed E-state index contributed by atoms with van der Waals surface area (Å²) in [6.07, 6.45) is 0.793. The lowest BCUT2D eigenvalue weighted by molar-refractivity contribution is 0.0593. The van der Waals surface area contributed by atoms with Crippen LogP contribution in [0.4, 0.5) is 10.3 Å². The molecule has 5 rings (SSSR count). The number of methoxy groups -OCH3 is 1. The molecule has 0 saturated heterocycles. The monoisotopic (exact) mass is 576 g/mol. The molecule has 2 aromatic carbocycles. The van der Waals surface area contributed by atoms with Crippen LogP contribution in [0.15, 0.2) is 42.5 Å². The molecule has 1 aliphatic rings. The molecular formula is C22H17IN4O3S2. The zero-order chi connectivity index (χ0) is 22.2. The van der Waals surface area contributed by atoms with Gasteiger partial charge >= 0.3 is 5.97 Å². The minimum absolute atomic E-state index is 0.174. The fourth-order valence-corrected chi connectivity index (χ4v) is 6.30. The van der Waals surface area contributed by atoms with Crippen molar-refractivity contribution < 1.29 is 14.3 Å². The van der Waals surface area contributed by atoms with E-state index in [0.29, 0.717) is 22.9 Å². The quantitative estimate of drug-likeness (QED) is 0.273. The van der Waals surface area contributed by atoms with Crippen molar-refractivity contribution in [3.8, 4) is 0 Å². The number of carbonyl (C=O) groups excluding carboxylic acids is 2. The third-order valence-corrected chi connectivity index (χ3v) is 8.28. The molecule has 7 nitrogen and oxygen atoms in total. The highest BCUT2D eigenvalue weighted by atomic mass is 127. The van der Waals surface area contributed by atoms with Crippen LogP contribution in [0.25, 0.3) is 10.2 Å². The number of esters is 1. The SMILES string of the molecule is COC(=O)c1nc(N2CCc3cccc(C(=O)Nc4nc5ccccc5s4)c3C2)sc1I. The van der Waals surface area contributed by atoms with Crippen LogP contribution in [0.3, 0.4) is 0 Å². The van der Waals surface area contributed by atoms with E-state index in [1.54, 1.807) is 0 Å². The van der Waals surface area contributed by atoms with E-state index >= 15 is 0 Å². The number of nitrogens with one attached hydrogen (secondary N) is 1. The molecule has 0 bridgehead atoms. The van der Waals surface area contributed by atoms with Crippen LogP contribution >= 0.6 is 45.3 Å². The van der Waals surface area contributed by atoms with Crippen molar-refractivity contribution in [2.75, 3.05) is 23.9 Å². The molecule has 1 amide bonds. The van der Waals surface area contributed by atoms with Gasteiger partial charge in [0.2, 0.25) is 0 Å². The Labute approximate surface area is 205 Å². The standard InChI is InChI=1S/C22H17IN4O3S2/c1-30-20(29)17-18(23)32-22(25-17)27-10-9-12-5-4-6-13(14(12)11-27)19(28)26-21-24-15-7-2-3-8-16(15)31-21/h2-8H,9-11H2,1H3,(H,24,26,28). The number of nitrogens with zero attached hydrogens (tertiary/aromatic N) is 3. The molecule has 10 heteroatoms. The highest BCUT2D eigenvalue weighted by molar-refractivity contribution is 14.1. The predicted molar refractivity (Wildman–Crippen MR) is 135 cm³/mol. The van der Waals surface area contributed by atoms with E-state index < -0.39 is 5.97 Å². The van der Waals surface area contributed by atoms with Gasteiger partial charge in [0.15, 0.2) is 16.0 Å². The fourth-order valence-electron chi connectivity index (χ4n) is 3.70. The highest BCUT2D eigenvalue weighted by Crippen LogP contribution is 2.33. The van der Waals surface area contributed by atoms with Crippen molar-refractivity contribution >= 4 is 77.6 Å². The summed E-state index contributed by atoms with van der Waals surface area (Å²) in [7, 11) is 1.35. The Kier molecular flexibility index (Phi) is 5.82. The molecule has 0 unspecified atom stereocenters. The molecule has 2 aromatic heterocycles. The van der Waals surface area contributed by atoms with Gasteiger partial charge in [-0.2, -0.15) is 0 Å². The summed E-state index contributed by atoms with van der Waals surface area (Å²) in [5, 5.41) is 4.30. The van der Waals surface area contributed by atoms with Crippen molar-refractivity contribution in [3.63, 3.8) is 0 Å². The van der Waals surface area contributed by atoms with E-state index in [0.717, 1.165) is 42.3 Å². The van der Waals surface area contributed by atoms with Gasteiger partial charge in [-0.25, -0.2) is 14.8 Å². The minimum atomic E-state index is -0.440. The average molecular weight is 576 g/mol. The number of halogens is 1. The van der Waals surface area contributed by atoms with E-state index in [-0.39, 0.29) is 5.91 Å². The maximum absolute atomic E-state index is 13.2. The van der Waals surface area contributed by atoms with Crippen LogP contribution in [0.2, 0.25) is 0 Å². The van der Waals surface area contributed by atoms with E-state index in [4.69, 9.17) is 4.74 Å². The lowest BCUT2D eigenvalue weighted by Gasteiger charge is -2.29.